The molecule has 0 saturated heterocycles. The number of fused-ring (bicyclic) bond motifs is 1. The molecular weight excluding hydrogens is 282 g/mol. The van der Waals surface area contributed by atoms with Crippen LogP contribution >= 0.6 is 15.9 Å². The fourth-order valence-electron chi connectivity index (χ4n) is 1.81. The molecule has 0 aliphatic carbocycles. The fourth-order valence-corrected chi connectivity index (χ4v) is 2.26. The molecule has 2 aromatic heterocycles. The second kappa shape index (κ2) is 4.05. The first-order chi connectivity index (χ1) is 8.25. The number of hydrogen-bond acceptors (Lipinski definition) is 3. The van der Waals surface area contributed by atoms with E-state index in [2.05, 4.69) is 15.9 Å². The zero-order valence-corrected chi connectivity index (χ0v) is 10.5. The molecule has 0 spiro atoms. The standard InChI is InChI=1S/C13H10BrNO2/c14-9-5-6-16-13(9)12(15)11-7-8-3-1-2-4-10(8)17-11/h1-7,12H,15H2. The van der Waals surface area contributed by atoms with Crippen LogP contribution in [0.1, 0.15) is 17.6 Å². The summed E-state index contributed by atoms with van der Waals surface area (Å²) in [5, 5.41) is 1.04. The Hall–Kier alpha value is -1.52. The quantitative estimate of drug-likeness (QED) is 0.780. The van der Waals surface area contributed by atoms with E-state index in [4.69, 9.17) is 14.6 Å². The average molecular weight is 292 g/mol. The summed E-state index contributed by atoms with van der Waals surface area (Å²) < 4.78 is 11.9. The van der Waals surface area contributed by atoms with E-state index in [0.717, 1.165) is 15.4 Å². The van der Waals surface area contributed by atoms with Crippen molar-refractivity contribution in [1.29, 1.82) is 0 Å². The van der Waals surface area contributed by atoms with Gasteiger partial charge in [0.25, 0.3) is 0 Å². The predicted octanol–water partition coefficient (Wildman–Crippen LogP) is 3.84. The average Bonchev–Trinajstić information content (AvgIpc) is 2.93. The Morgan fingerprint density at radius 1 is 1.18 bits per heavy atom. The topological polar surface area (TPSA) is 52.3 Å². The van der Waals surface area contributed by atoms with Crippen LogP contribution in [0.4, 0.5) is 0 Å². The van der Waals surface area contributed by atoms with Gasteiger partial charge in [0.15, 0.2) is 0 Å². The molecule has 0 aliphatic heterocycles. The minimum atomic E-state index is -0.397. The first kappa shape index (κ1) is 10.6. The van der Waals surface area contributed by atoms with Gasteiger partial charge in [0.05, 0.1) is 10.7 Å². The molecule has 4 heteroatoms. The van der Waals surface area contributed by atoms with Gasteiger partial charge in [0.2, 0.25) is 0 Å². The van der Waals surface area contributed by atoms with E-state index in [9.17, 15) is 0 Å². The lowest BCUT2D eigenvalue weighted by molar-refractivity contribution is 0.443. The highest BCUT2D eigenvalue weighted by Crippen LogP contribution is 2.30. The SMILES string of the molecule is NC(c1cc2ccccc2o1)c1occc1Br. The largest absolute Gasteiger partial charge is 0.466 e. The molecule has 3 nitrogen and oxygen atoms in total. The van der Waals surface area contributed by atoms with E-state index in [0.29, 0.717) is 11.5 Å². The first-order valence-corrected chi connectivity index (χ1v) is 6.02. The lowest BCUT2D eigenvalue weighted by atomic mass is 10.1. The zero-order valence-electron chi connectivity index (χ0n) is 8.89. The maximum Gasteiger partial charge on any atom is 0.142 e. The third-order valence-electron chi connectivity index (χ3n) is 2.68. The molecule has 0 radical (unpaired) electrons. The predicted molar refractivity (Wildman–Crippen MR) is 68.7 cm³/mol. The van der Waals surface area contributed by atoms with Crippen molar-refractivity contribution in [3.8, 4) is 0 Å². The molecule has 0 saturated carbocycles. The lowest BCUT2D eigenvalue weighted by Gasteiger charge is -2.05. The van der Waals surface area contributed by atoms with Crippen LogP contribution in [0.3, 0.4) is 0 Å². The highest BCUT2D eigenvalue weighted by Gasteiger charge is 2.19. The first-order valence-electron chi connectivity index (χ1n) is 5.22. The minimum absolute atomic E-state index is 0.397. The number of benzene rings is 1. The molecule has 2 heterocycles. The van der Waals surface area contributed by atoms with Crippen molar-refractivity contribution in [2.75, 3.05) is 0 Å². The van der Waals surface area contributed by atoms with Crippen LogP contribution in [-0.2, 0) is 0 Å². The minimum Gasteiger partial charge on any atom is -0.466 e. The number of para-hydroxylation sites is 1. The van der Waals surface area contributed by atoms with Crippen molar-refractivity contribution in [3.63, 3.8) is 0 Å². The summed E-state index contributed by atoms with van der Waals surface area (Å²) in [6.07, 6.45) is 1.60. The van der Waals surface area contributed by atoms with Crippen LogP contribution in [0.15, 0.2) is 56.0 Å². The van der Waals surface area contributed by atoms with Crippen LogP contribution in [0.25, 0.3) is 11.0 Å². The summed E-state index contributed by atoms with van der Waals surface area (Å²) in [5.41, 5.74) is 6.94. The highest BCUT2D eigenvalue weighted by molar-refractivity contribution is 9.10. The van der Waals surface area contributed by atoms with Crippen molar-refractivity contribution < 1.29 is 8.83 Å². The van der Waals surface area contributed by atoms with Crippen molar-refractivity contribution in [2.45, 2.75) is 6.04 Å². The summed E-state index contributed by atoms with van der Waals surface area (Å²) in [7, 11) is 0. The van der Waals surface area contributed by atoms with E-state index < -0.39 is 6.04 Å². The van der Waals surface area contributed by atoms with E-state index in [1.807, 2.05) is 36.4 Å². The molecule has 0 amide bonds. The van der Waals surface area contributed by atoms with Crippen LogP contribution in [0.5, 0.6) is 0 Å². The normalized spacial score (nSPS) is 13.1. The van der Waals surface area contributed by atoms with Gasteiger partial charge in [-0.2, -0.15) is 0 Å². The van der Waals surface area contributed by atoms with E-state index in [-0.39, 0.29) is 0 Å². The molecule has 1 unspecified atom stereocenters. The highest BCUT2D eigenvalue weighted by atomic mass is 79.9. The molecule has 86 valence electrons. The van der Waals surface area contributed by atoms with E-state index >= 15 is 0 Å². The third kappa shape index (κ3) is 1.79. The molecule has 2 N–H and O–H groups in total. The van der Waals surface area contributed by atoms with Gasteiger partial charge in [-0.15, -0.1) is 0 Å². The van der Waals surface area contributed by atoms with Crippen LogP contribution < -0.4 is 5.73 Å². The Bertz CT molecular complexity index is 623. The third-order valence-corrected chi connectivity index (χ3v) is 3.33. The van der Waals surface area contributed by atoms with Gasteiger partial charge in [-0.05, 0) is 34.1 Å². The second-order valence-corrected chi connectivity index (χ2v) is 4.65. The Morgan fingerprint density at radius 3 is 2.71 bits per heavy atom. The molecule has 3 aromatic rings. The maximum atomic E-state index is 6.11. The van der Waals surface area contributed by atoms with Gasteiger partial charge in [0, 0.05) is 5.39 Å². The second-order valence-electron chi connectivity index (χ2n) is 3.80. The number of hydrogen-bond donors (Lipinski definition) is 1. The molecular formula is C13H10BrNO2. The number of furan rings is 2. The van der Waals surface area contributed by atoms with Gasteiger partial charge >= 0.3 is 0 Å². The Morgan fingerprint density at radius 2 is 2.00 bits per heavy atom. The van der Waals surface area contributed by atoms with Crippen molar-refractivity contribution in [1.82, 2.24) is 0 Å². The number of nitrogens with two attached hydrogens (primary N) is 1. The Kier molecular flexibility index (Phi) is 2.53. The molecule has 1 atom stereocenters. The van der Waals surface area contributed by atoms with Gasteiger partial charge in [-0.3, -0.25) is 0 Å². The van der Waals surface area contributed by atoms with Crippen molar-refractivity contribution >= 4 is 26.9 Å². The van der Waals surface area contributed by atoms with E-state index in [1.165, 1.54) is 0 Å². The number of rotatable bonds is 2. The molecule has 0 aliphatic rings. The maximum absolute atomic E-state index is 6.11. The monoisotopic (exact) mass is 291 g/mol. The summed E-state index contributed by atoms with van der Waals surface area (Å²) in [4.78, 5) is 0. The molecule has 0 fully saturated rings. The van der Waals surface area contributed by atoms with Gasteiger partial charge in [-0.25, -0.2) is 0 Å². The van der Waals surface area contributed by atoms with Gasteiger partial charge in [-0.1, -0.05) is 18.2 Å². The smallest absolute Gasteiger partial charge is 0.142 e. The van der Waals surface area contributed by atoms with Gasteiger partial charge in [0.1, 0.15) is 23.1 Å². The Labute approximate surface area is 106 Å². The molecule has 1 aromatic carbocycles. The summed E-state index contributed by atoms with van der Waals surface area (Å²) in [6.45, 7) is 0. The molecule has 17 heavy (non-hydrogen) atoms. The van der Waals surface area contributed by atoms with Crippen molar-refractivity contribution in [2.24, 2.45) is 5.73 Å². The molecule has 3 rings (SSSR count). The van der Waals surface area contributed by atoms with Crippen molar-refractivity contribution in [3.05, 3.63) is 58.7 Å². The fraction of sp³-hybridized carbons (Fsp3) is 0.0769. The molecule has 0 bridgehead atoms. The lowest BCUT2D eigenvalue weighted by Crippen LogP contribution is -2.10. The van der Waals surface area contributed by atoms with Crippen LogP contribution in [0, 0.1) is 0 Å². The Balaban J connectivity index is 2.07. The van der Waals surface area contributed by atoms with Crippen LogP contribution in [0.2, 0.25) is 0 Å². The number of halogens is 1. The summed E-state index contributed by atoms with van der Waals surface area (Å²) in [5.74, 6) is 1.37. The van der Waals surface area contributed by atoms with Gasteiger partial charge < -0.3 is 14.6 Å². The summed E-state index contributed by atoms with van der Waals surface area (Å²) >= 11 is 3.39. The summed E-state index contributed by atoms with van der Waals surface area (Å²) in [6, 6.07) is 11.2. The van der Waals surface area contributed by atoms with E-state index in [1.54, 1.807) is 6.26 Å². The van der Waals surface area contributed by atoms with Crippen LogP contribution in [-0.4, -0.2) is 0 Å². The zero-order chi connectivity index (χ0) is 11.8.